The van der Waals surface area contributed by atoms with Gasteiger partial charge in [-0.2, -0.15) is 0 Å². The normalized spacial score (nSPS) is 10.9. The van der Waals surface area contributed by atoms with Crippen LogP contribution in [0, 0.1) is 0 Å². The number of thioether (sulfide) groups is 1. The number of ether oxygens (including phenoxy) is 1. The summed E-state index contributed by atoms with van der Waals surface area (Å²) in [4.78, 5) is 12.1. The van der Waals surface area contributed by atoms with Crippen LogP contribution in [0.5, 0.6) is 5.75 Å². The maximum Gasteiger partial charge on any atom is 0.234 e. The monoisotopic (exact) mass is 396 g/mol. The SMILES string of the molecule is CC(C)c1ccc(OCc2nnc(SCC(=O)Nc3ccccc3)n2C)cc1. The highest BCUT2D eigenvalue weighted by molar-refractivity contribution is 7.99. The Kier molecular flexibility index (Phi) is 6.71. The van der Waals surface area contributed by atoms with Crippen molar-refractivity contribution in [2.75, 3.05) is 11.1 Å². The molecule has 1 aromatic heterocycles. The first-order chi connectivity index (χ1) is 13.5. The molecule has 0 atom stereocenters. The molecule has 0 fully saturated rings. The lowest BCUT2D eigenvalue weighted by atomic mass is 10.0. The molecular weight excluding hydrogens is 372 g/mol. The van der Waals surface area contributed by atoms with Crippen LogP contribution in [0.4, 0.5) is 5.69 Å². The van der Waals surface area contributed by atoms with Gasteiger partial charge in [-0.25, -0.2) is 0 Å². The number of rotatable bonds is 8. The van der Waals surface area contributed by atoms with Crippen LogP contribution in [0.2, 0.25) is 0 Å². The quantitative estimate of drug-likeness (QED) is 0.577. The van der Waals surface area contributed by atoms with Crippen LogP contribution in [0.1, 0.15) is 31.2 Å². The molecule has 0 aliphatic rings. The zero-order valence-electron chi connectivity index (χ0n) is 16.3. The van der Waals surface area contributed by atoms with Gasteiger partial charge in [0.25, 0.3) is 0 Å². The van der Waals surface area contributed by atoms with E-state index in [1.54, 1.807) is 0 Å². The largest absolute Gasteiger partial charge is 0.486 e. The first-order valence-electron chi connectivity index (χ1n) is 9.11. The molecule has 2 aromatic carbocycles. The van der Waals surface area contributed by atoms with E-state index in [2.05, 4.69) is 41.5 Å². The van der Waals surface area contributed by atoms with Crippen LogP contribution in [0.3, 0.4) is 0 Å². The zero-order chi connectivity index (χ0) is 19.9. The van der Waals surface area contributed by atoms with Gasteiger partial charge >= 0.3 is 0 Å². The summed E-state index contributed by atoms with van der Waals surface area (Å²) in [6.45, 7) is 4.64. The van der Waals surface area contributed by atoms with Crippen LogP contribution in [-0.4, -0.2) is 26.4 Å². The Morgan fingerprint density at radius 2 is 1.82 bits per heavy atom. The van der Waals surface area contributed by atoms with Crippen molar-refractivity contribution in [2.24, 2.45) is 7.05 Å². The molecule has 28 heavy (non-hydrogen) atoms. The molecule has 6 nitrogen and oxygen atoms in total. The average molecular weight is 397 g/mol. The van der Waals surface area contributed by atoms with Gasteiger partial charge in [0.05, 0.1) is 5.75 Å². The number of nitrogens with one attached hydrogen (secondary N) is 1. The van der Waals surface area contributed by atoms with Crippen LogP contribution >= 0.6 is 11.8 Å². The van der Waals surface area contributed by atoms with Crippen molar-refractivity contribution >= 4 is 23.4 Å². The molecule has 0 saturated heterocycles. The van der Waals surface area contributed by atoms with Crippen LogP contribution in [0.15, 0.2) is 59.8 Å². The smallest absolute Gasteiger partial charge is 0.234 e. The maximum absolute atomic E-state index is 12.1. The highest BCUT2D eigenvalue weighted by atomic mass is 32.2. The molecular formula is C21H24N4O2S. The molecule has 3 aromatic rings. The van der Waals surface area contributed by atoms with Gasteiger partial charge in [0.2, 0.25) is 5.91 Å². The second-order valence-electron chi connectivity index (χ2n) is 6.67. The topological polar surface area (TPSA) is 69.0 Å². The van der Waals surface area contributed by atoms with E-state index in [0.717, 1.165) is 11.4 Å². The molecule has 0 spiro atoms. The second kappa shape index (κ2) is 9.41. The molecule has 0 unspecified atom stereocenters. The standard InChI is InChI=1S/C21H24N4O2S/c1-15(2)16-9-11-18(12-10-16)27-13-19-23-24-21(25(19)3)28-14-20(26)22-17-7-5-4-6-8-17/h4-12,15H,13-14H2,1-3H3,(H,22,26). The molecule has 0 aliphatic heterocycles. The van der Waals surface area contributed by atoms with E-state index in [0.29, 0.717) is 23.5 Å². The number of hydrogen-bond acceptors (Lipinski definition) is 5. The molecule has 146 valence electrons. The molecule has 0 saturated carbocycles. The van der Waals surface area contributed by atoms with E-state index in [1.807, 2.05) is 54.1 Å². The third kappa shape index (κ3) is 5.36. The lowest BCUT2D eigenvalue weighted by molar-refractivity contribution is -0.113. The van der Waals surface area contributed by atoms with Gasteiger partial charge in [-0.3, -0.25) is 4.79 Å². The number of aromatic nitrogens is 3. The van der Waals surface area contributed by atoms with Crippen molar-refractivity contribution in [1.29, 1.82) is 0 Å². The van der Waals surface area contributed by atoms with E-state index in [-0.39, 0.29) is 11.7 Å². The molecule has 7 heteroatoms. The summed E-state index contributed by atoms with van der Waals surface area (Å²) in [5.41, 5.74) is 2.06. The van der Waals surface area contributed by atoms with E-state index in [9.17, 15) is 4.79 Å². The molecule has 1 amide bonds. The van der Waals surface area contributed by atoms with Crippen molar-refractivity contribution < 1.29 is 9.53 Å². The number of benzene rings is 2. The number of carbonyl (C=O) groups is 1. The summed E-state index contributed by atoms with van der Waals surface area (Å²) < 4.78 is 7.66. The molecule has 0 bridgehead atoms. The van der Waals surface area contributed by atoms with E-state index in [1.165, 1.54) is 17.3 Å². The molecule has 3 rings (SSSR count). The minimum Gasteiger partial charge on any atom is -0.486 e. The summed E-state index contributed by atoms with van der Waals surface area (Å²) in [5, 5.41) is 11.9. The van der Waals surface area contributed by atoms with Gasteiger partial charge in [-0.1, -0.05) is 55.9 Å². The second-order valence-corrected chi connectivity index (χ2v) is 7.62. The number of carbonyl (C=O) groups excluding carboxylic acids is 1. The summed E-state index contributed by atoms with van der Waals surface area (Å²) >= 11 is 1.34. The summed E-state index contributed by atoms with van der Waals surface area (Å²) in [7, 11) is 1.87. The van der Waals surface area contributed by atoms with Crippen molar-refractivity contribution in [1.82, 2.24) is 14.8 Å². The third-order valence-corrected chi connectivity index (χ3v) is 5.25. The van der Waals surface area contributed by atoms with Gasteiger partial charge in [-0.05, 0) is 35.7 Å². The number of para-hydroxylation sites is 1. The number of hydrogen-bond donors (Lipinski definition) is 1. The Bertz CT molecular complexity index is 908. The fraction of sp³-hybridized carbons (Fsp3) is 0.286. The van der Waals surface area contributed by atoms with Crippen LogP contribution in [0.25, 0.3) is 0 Å². The number of amides is 1. The molecule has 1 N–H and O–H groups in total. The number of nitrogens with zero attached hydrogens (tertiary/aromatic N) is 3. The molecule has 0 radical (unpaired) electrons. The van der Waals surface area contributed by atoms with Crippen molar-refractivity contribution in [3.63, 3.8) is 0 Å². The Labute approximate surface area is 169 Å². The predicted molar refractivity (Wildman–Crippen MR) is 112 cm³/mol. The maximum atomic E-state index is 12.1. The lowest BCUT2D eigenvalue weighted by Gasteiger charge is -2.09. The Balaban J connectivity index is 1.51. The van der Waals surface area contributed by atoms with Crippen molar-refractivity contribution in [3.8, 4) is 5.75 Å². The summed E-state index contributed by atoms with van der Waals surface area (Å²) in [6, 6.07) is 17.5. The fourth-order valence-corrected chi connectivity index (χ4v) is 3.27. The fourth-order valence-electron chi connectivity index (χ4n) is 2.54. The van der Waals surface area contributed by atoms with E-state index in [4.69, 9.17) is 4.74 Å². The first kappa shape index (κ1) is 19.9. The van der Waals surface area contributed by atoms with Gasteiger partial charge in [0.15, 0.2) is 11.0 Å². The molecule has 1 heterocycles. The Morgan fingerprint density at radius 1 is 1.11 bits per heavy atom. The number of anilines is 1. The minimum atomic E-state index is -0.0813. The third-order valence-electron chi connectivity index (χ3n) is 4.23. The summed E-state index contributed by atoms with van der Waals surface area (Å²) in [5.74, 6) is 2.18. The van der Waals surface area contributed by atoms with E-state index >= 15 is 0 Å². The highest BCUT2D eigenvalue weighted by Crippen LogP contribution is 2.20. The average Bonchev–Trinajstić information content (AvgIpc) is 3.05. The first-order valence-corrected chi connectivity index (χ1v) is 10.1. The minimum absolute atomic E-state index is 0.0813. The van der Waals surface area contributed by atoms with E-state index < -0.39 is 0 Å². The van der Waals surface area contributed by atoms with Crippen LogP contribution < -0.4 is 10.1 Å². The van der Waals surface area contributed by atoms with Gasteiger partial charge in [-0.15, -0.1) is 10.2 Å². The van der Waals surface area contributed by atoms with Gasteiger partial charge in [0, 0.05) is 12.7 Å². The van der Waals surface area contributed by atoms with Crippen molar-refractivity contribution in [3.05, 3.63) is 66.0 Å². The van der Waals surface area contributed by atoms with Gasteiger partial charge < -0.3 is 14.6 Å². The zero-order valence-corrected chi connectivity index (χ0v) is 17.1. The summed E-state index contributed by atoms with van der Waals surface area (Å²) in [6.07, 6.45) is 0. The van der Waals surface area contributed by atoms with Gasteiger partial charge in [0.1, 0.15) is 12.4 Å². The highest BCUT2D eigenvalue weighted by Gasteiger charge is 2.12. The lowest BCUT2D eigenvalue weighted by Crippen LogP contribution is -2.14. The Morgan fingerprint density at radius 3 is 2.50 bits per heavy atom. The van der Waals surface area contributed by atoms with Crippen LogP contribution in [-0.2, 0) is 18.4 Å². The van der Waals surface area contributed by atoms with Crippen molar-refractivity contribution in [2.45, 2.75) is 31.5 Å². The predicted octanol–water partition coefficient (Wildman–Crippen LogP) is 4.25. The Hall–Kier alpha value is -2.80. The molecule has 0 aliphatic carbocycles.